The highest BCUT2D eigenvalue weighted by Gasteiger charge is 2.41. The summed E-state index contributed by atoms with van der Waals surface area (Å²) < 4.78 is 35.9. The predicted octanol–water partition coefficient (Wildman–Crippen LogP) is 5.35. The van der Waals surface area contributed by atoms with Crippen molar-refractivity contribution >= 4 is 33.0 Å². The van der Waals surface area contributed by atoms with E-state index in [2.05, 4.69) is 14.3 Å². The maximum absolute atomic E-state index is 13.3. The van der Waals surface area contributed by atoms with Gasteiger partial charge in [0.05, 0.1) is 24.2 Å². The van der Waals surface area contributed by atoms with Gasteiger partial charge in [-0.25, -0.2) is 0 Å². The normalized spacial score (nSPS) is 24.8. The number of amides is 1. The lowest BCUT2D eigenvalue weighted by molar-refractivity contribution is -0.146. The van der Waals surface area contributed by atoms with Crippen LogP contribution in [0.4, 0.5) is 0 Å². The number of hydrogen-bond acceptors (Lipinski definition) is 4. The zero-order valence-corrected chi connectivity index (χ0v) is 22.6. The number of nitrogens with zero attached hydrogens (tertiary/aromatic N) is 2. The molecule has 2 heterocycles. The zero-order chi connectivity index (χ0) is 26.3. The number of morpholine rings is 1. The van der Waals surface area contributed by atoms with Gasteiger partial charge in [-0.2, -0.15) is 12.8 Å². The van der Waals surface area contributed by atoms with Crippen molar-refractivity contribution in [3.05, 3.63) is 54.1 Å². The fraction of sp³-hybridized carbons (Fsp3) is 0.467. The largest absolute Gasteiger partial charge is 0.377 e. The number of aromatic amines is 1. The standard InChI is InChI=1S/C30H35N3O4S/c1-20-26-14-13-25(17-27(26)32-29(20)23-5-3-2-4-6-23)38(35,36)31-18-21-7-9-24(10-8-21)30(34)33-15-16-37-19-28(33)22-11-12-22/h2-6,13-14,17-18,21-22,24,28,32H,7-12,15-16,19H2,1H3/t21?,24?,28-/m1/s1. The number of benzene rings is 2. The van der Waals surface area contributed by atoms with E-state index >= 15 is 0 Å². The predicted molar refractivity (Wildman–Crippen MR) is 149 cm³/mol. The molecule has 1 aliphatic heterocycles. The highest BCUT2D eigenvalue weighted by molar-refractivity contribution is 7.90. The Morgan fingerprint density at radius 2 is 1.82 bits per heavy atom. The first-order valence-electron chi connectivity index (χ1n) is 13.8. The first-order chi connectivity index (χ1) is 18.4. The van der Waals surface area contributed by atoms with E-state index in [9.17, 15) is 13.2 Å². The van der Waals surface area contributed by atoms with E-state index < -0.39 is 10.0 Å². The van der Waals surface area contributed by atoms with Crippen LogP contribution in [0.2, 0.25) is 0 Å². The number of aryl methyl sites for hydroxylation is 1. The summed E-state index contributed by atoms with van der Waals surface area (Å²) in [7, 11) is -3.82. The number of sulfonamides is 1. The maximum Gasteiger partial charge on any atom is 0.282 e. The van der Waals surface area contributed by atoms with E-state index in [-0.39, 0.29) is 28.7 Å². The fourth-order valence-electron chi connectivity index (χ4n) is 6.12. The number of fused-ring (bicyclic) bond motifs is 1. The summed E-state index contributed by atoms with van der Waals surface area (Å²) in [5.41, 5.74) is 3.93. The first-order valence-corrected chi connectivity index (χ1v) is 15.2. The third-order valence-electron chi connectivity index (χ3n) is 8.54. The van der Waals surface area contributed by atoms with Gasteiger partial charge in [-0.05, 0) is 80.5 Å². The van der Waals surface area contributed by atoms with E-state index in [0.29, 0.717) is 25.7 Å². The van der Waals surface area contributed by atoms with Crippen LogP contribution in [0.1, 0.15) is 44.1 Å². The zero-order valence-electron chi connectivity index (χ0n) is 21.8. The monoisotopic (exact) mass is 533 g/mol. The van der Waals surface area contributed by atoms with Gasteiger partial charge < -0.3 is 14.6 Å². The molecule has 1 N–H and O–H groups in total. The van der Waals surface area contributed by atoms with Gasteiger partial charge in [0, 0.05) is 35.3 Å². The summed E-state index contributed by atoms with van der Waals surface area (Å²) in [5.74, 6) is 0.955. The molecule has 0 unspecified atom stereocenters. The van der Waals surface area contributed by atoms with Gasteiger partial charge in [-0.1, -0.05) is 36.4 Å². The molecule has 0 spiro atoms. The van der Waals surface area contributed by atoms with Crippen LogP contribution < -0.4 is 0 Å². The second-order valence-corrected chi connectivity index (χ2v) is 12.7. The number of nitrogens with one attached hydrogen (secondary N) is 1. The summed E-state index contributed by atoms with van der Waals surface area (Å²) in [6.07, 6.45) is 7.10. The lowest BCUT2D eigenvalue weighted by Crippen LogP contribution is -2.52. The highest BCUT2D eigenvalue weighted by atomic mass is 32.2. The average Bonchev–Trinajstić information content (AvgIpc) is 3.75. The van der Waals surface area contributed by atoms with Gasteiger partial charge in [0.1, 0.15) is 0 Å². The molecule has 2 saturated carbocycles. The van der Waals surface area contributed by atoms with Crippen molar-refractivity contribution in [1.29, 1.82) is 0 Å². The van der Waals surface area contributed by atoms with Crippen molar-refractivity contribution in [2.24, 2.45) is 22.2 Å². The molecule has 3 aliphatic rings. The first kappa shape index (κ1) is 25.3. The van der Waals surface area contributed by atoms with E-state index in [1.165, 1.54) is 12.8 Å². The van der Waals surface area contributed by atoms with Crippen LogP contribution in [0.3, 0.4) is 0 Å². The molecule has 1 atom stereocenters. The minimum absolute atomic E-state index is 0.0212. The fourth-order valence-corrected chi connectivity index (χ4v) is 7.08. The summed E-state index contributed by atoms with van der Waals surface area (Å²) >= 11 is 0. The molecule has 38 heavy (non-hydrogen) atoms. The SMILES string of the molecule is Cc1c(-c2ccccc2)[nH]c2cc(S(=O)(=O)N=CC3CCC(C(=O)N4CCOC[C@@H]4C4CC4)CC3)ccc12. The van der Waals surface area contributed by atoms with Gasteiger partial charge in [0.25, 0.3) is 10.0 Å². The molecular formula is C30H35N3O4S. The third-order valence-corrected chi connectivity index (χ3v) is 9.79. The van der Waals surface area contributed by atoms with Crippen molar-refractivity contribution < 1.29 is 17.9 Å². The molecule has 6 rings (SSSR count). The number of aromatic nitrogens is 1. The Hall–Kier alpha value is -2.97. The molecule has 0 radical (unpaired) electrons. The van der Waals surface area contributed by atoms with Crippen LogP contribution in [-0.4, -0.2) is 56.2 Å². The van der Waals surface area contributed by atoms with Crippen LogP contribution in [0.15, 0.2) is 57.8 Å². The van der Waals surface area contributed by atoms with Crippen LogP contribution in [0, 0.1) is 24.7 Å². The van der Waals surface area contributed by atoms with Gasteiger partial charge in [0.15, 0.2) is 0 Å². The minimum atomic E-state index is -3.82. The van der Waals surface area contributed by atoms with E-state index in [1.807, 2.05) is 43.3 Å². The number of hydrogen-bond donors (Lipinski definition) is 1. The van der Waals surface area contributed by atoms with Gasteiger partial charge in [-0.3, -0.25) is 4.79 Å². The molecule has 0 bridgehead atoms. The molecule has 1 aromatic heterocycles. The number of carbonyl (C=O) groups is 1. The van der Waals surface area contributed by atoms with Gasteiger partial charge in [0.2, 0.25) is 5.91 Å². The van der Waals surface area contributed by atoms with E-state index in [4.69, 9.17) is 4.74 Å². The lowest BCUT2D eigenvalue weighted by atomic mass is 9.81. The molecule has 3 fully saturated rings. The van der Waals surface area contributed by atoms with Crippen molar-refractivity contribution in [3.8, 4) is 11.3 Å². The summed E-state index contributed by atoms with van der Waals surface area (Å²) in [6, 6.07) is 15.4. The Kier molecular flexibility index (Phi) is 6.86. The Labute approximate surface area is 224 Å². The Balaban J connectivity index is 1.11. The number of ether oxygens (including phenoxy) is 1. The topological polar surface area (TPSA) is 91.8 Å². The minimum Gasteiger partial charge on any atom is -0.377 e. The number of rotatable bonds is 6. The molecule has 2 aromatic carbocycles. The Bertz CT molecular complexity index is 1450. The number of H-pyrrole nitrogens is 1. The molecule has 1 saturated heterocycles. The van der Waals surface area contributed by atoms with Crippen molar-refractivity contribution in [2.45, 2.75) is 56.4 Å². The summed E-state index contributed by atoms with van der Waals surface area (Å²) in [4.78, 5) is 18.9. The third kappa shape index (κ3) is 5.04. The average molecular weight is 534 g/mol. The Morgan fingerprint density at radius 3 is 2.55 bits per heavy atom. The van der Waals surface area contributed by atoms with E-state index in [0.717, 1.165) is 53.4 Å². The van der Waals surface area contributed by atoms with Crippen molar-refractivity contribution in [3.63, 3.8) is 0 Å². The smallest absolute Gasteiger partial charge is 0.282 e. The molecule has 1 amide bonds. The van der Waals surface area contributed by atoms with Crippen LogP contribution >= 0.6 is 0 Å². The van der Waals surface area contributed by atoms with Crippen LogP contribution in [0.5, 0.6) is 0 Å². The molecule has 2 aliphatic carbocycles. The van der Waals surface area contributed by atoms with Crippen molar-refractivity contribution in [2.75, 3.05) is 19.8 Å². The number of carbonyl (C=O) groups excluding carboxylic acids is 1. The molecule has 3 aromatic rings. The second-order valence-electron chi connectivity index (χ2n) is 11.1. The maximum atomic E-state index is 13.3. The van der Waals surface area contributed by atoms with Crippen LogP contribution in [0.25, 0.3) is 22.2 Å². The lowest BCUT2D eigenvalue weighted by Gasteiger charge is -2.39. The van der Waals surface area contributed by atoms with Gasteiger partial charge >= 0.3 is 0 Å². The quantitative estimate of drug-likeness (QED) is 0.433. The Morgan fingerprint density at radius 1 is 1.05 bits per heavy atom. The molecule has 200 valence electrons. The van der Waals surface area contributed by atoms with E-state index in [1.54, 1.807) is 18.3 Å². The second kappa shape index (κ2) is 10.3. The van der Waals surface area contributed by atoms with Crippen molar-refractivity contribution in [1.82, 2.24) is 9.88 Å². The highest BCUT2D eigenvalue weighted by Crippen LogP contribution is 2.38. The molecular weight excluding hydrogens is 498 g/mol. The molecule has 7 nitrogen and oxygen atoms in total. The molecule has 8 heteroatoms. The summed E-state index contributed by atoms with van der Waals surface area (Å²) in [5, 5.41) is 0.999. The van der Waals surface area contributed by atoms with Crippen LogP contribution in [-0.2, 0) is 19.6 Å². The van der Waals surface area contributed by atoms with Gasteiger partial charge in [-0.15, -0.1) is 0 Å². The summed E-state index contributed by atoms with van der Waals surface area (Å²) in [6.45, 7) is 4.02.